The van der Waals surface area contributed by atoms with Gasteiger partial charge in [-0.15, -0.1) is 0 Å². The first-order valence-corrected chi connectivity index (χ1v) is 22.7. The Labute approximate surface area is 340 Å². The summed E-state index contributed by atoms with van der Waals surface area (Å²) in [5, 5.41) is 3.43. The number of ether oxygens (including phenoxy) is 1. The minimum absolute atomic E-state index is 0.272. The molecule has 2 aliphatic rings. The van der Waals surface area contributed by atoms with Gasteiger partial charge in [0.1, 0.15) is 5.60 Å². The van der Waals surface area contributed by atoms with Crippen LogP contribution in [0.1, 0.15) is 98.1 Å². The number of rotatable bonds is 17. The molecule has 0 radical (unpaired) electrons. The number of fused-ring (bicyclic) bond motifs is 1. The molecular formula is C44H61N3O8S2. The summed E-state index contributed by atoms with van der Waals surface area (Å²) in [6.07, 6.45) is 11.0. The zero-order valence-electron chi connectivity index (χ0n) is 34.8. The maximum atomic E-state index is 13.6. The van der Waals surface area contributed by atoms with Gasteiger partial charge in [-0.2, -0.15) is 16.8 Å². The lowest BCUT2D eigenvalue weighted by molar-refractivity contribution is 0.0356. The summed E-state index contributed by atoms with van der Waals surface area (Å²) in [4.78, 5) is 17.4. The molecule has 11 nitrogen and oxygen atoms in total. The van der Waals surface area contributed by atoms with Gasteiger partial charge in [-0.05, 0) is 105 Å². The van der Waals surface area contributed by atoms with E-state index in [1.807, 2.05) is 69.3 Å². The highest BCUT2D eigenvalue weighted by molar-refractivity contribution is 7.86. The molecule has 13 heteroatoms. The quantitative estimate of drug-likeness (QED) is 0.0799. The normalized spacial score (nSPS) is 17.5. The summed E-state index contributed by atoms with van der Waals surface area (Å²) < 4.78 is 69.3. The third kappa shape index (κ3) is 12.2. The Morgan fingerprint density at radius 1 is 0.912 bits per heavy atom. The summed E-state index contributed by atoms with van der Waals surface area (Å²) >= 11 is 0. The van der Waals surface area contributed by atoms with Crippen LogP contribution in [0.25, 0.3) is 0 Å². The highest BCUT2D eigenvalue weighted by Gasteiger charge is 2.39. The third-order valence-electron chi connectivity index (χ3n) is 10.6. The molecule has 0 aromatic heterocycles. The topological polar surface area (TPSA) is 154 Å². The summed E-state index contributed by atoms with van der Waals surface area (Å²) in [7, 11) is -6.31. The SMILES string of the molecule is C=C(/C=C/C1=C(N(C)C(=O)OC(C)(C)C)C(=C/C=C2/N(CCCCS(=O)(=O)O)c3ccccc3C2(C)C)/CC1)C(C)(C)c1ccccc1NCCCCS(=O)(=O)O. The number of nitrogens with one attached hydrogen (secondary N) is 1. The summed E-state index contributed by atoms with van der Waals surface area (Å²) in [5.41, 5.74) is 7.22. The molecule has 0 saturated heterocycles. The fourth-order valence-corrected chi connectivity index (χ4v) is 8.54. The molecule has 4 rings (SSSR count). The van der Waals surface area contributed by atoms with Crippen molar-refractivity contribution in [2.45, 2.75) is 103 Å². The van der Waals surface area contributed by atoms with Crippen LogP contribution in [-0.4, -0.2) is 74.2 Å². The van der Waals surface area contributed by atoms with E-state index in [-0.39, 0.29) is 16.9 Å². The molecule has 1 aliphatic carbocycles. The first-order chi connectivity index (χ1) is 26.4. The lowest BCUT2D eigenvalue weighted by Crippen LogP contribution is -2.34. The predicted octanol–water partition coefficient (Wildman–Crippen LogP) is 9.35. The van der Waals surface area contributed by atoms with Crippen molar-refractivity contribution in [2.24, 2.45) is 0 Å². The summed E-state index contributed by atoms with van der Waals surface area (Å²) in [6, 6.07) is 16.2. The molecule has 2 aromatic carbocycles. The monoisotopic (exact) mass is 823 g/mol. The Morgan fingerprint density at radius 2 is 1.53 bits per heavy atom. The highest BCUT2D eigenvalue weighted by Crippen LogP contribution is 2.48. The number of carbonyl (C=O) groups excluding carboxylic acids is 1. The van der Waals surface area contributed by atoms with Gasteiger partial charge in [0.15, 0.2) is 0 Å². The van der Waals surface area contributed by atoms with Crippen molar-refractivity contribution >= 4 is 37.7 Å². The maximum absolute atomic E-state index is 13.6. The Bertz CT molecular complexity index is 2160. The van der Waals surface area contributed by atoms with Crippen LogP contribution in [0.3, 0.4) is 0 Å². The molecule has 0 unspecified atom stereocenters. The van der Waals surface area contributed by atoms with Crippen molar-refractivity contribution in [3.63, 3.8) is 0 Å². The molecule has 1 amide bonds. The van der Waals surface area contributed by atoms with Crippen LogP contribution in [0.5, 0.6) is 0 Å². The van der Waals surface area contributed by atoms with Crippen LogP contribution in [0, 0.1) is 0 Å². The third-order valence-corrected chi connectivity index (χ3v) is 12.2. The van der Waals surface area contributed by atoms with E-state index in [2.05, 4.69) is 68.8 Å². The fraction of sp³-hybridized carbons (Fsp3) is 0.477. The van der Waals surface area contributed by atoms with E-state index in [0.29, 0.717) is 51.6 Å². The molecule has 0 spiro atoms. The first kappa shape index (κ1) is 45.5. The predicted molar refractivity (Wildman–Crippen MR) is 231 cm³/mol. The minimum atomic E-state index is -4.05. The second-order valence-corrected chi connectivity index (χ2v) is 20.0. The number of carbonyl (C=O) groups is 1. The molecule has 1 aliphatic heterocycles. The van der Waals surface area contributed by atoms with E-state index in [9.17, 15) is 26.2 Å². The minimum Gasteiger partial charge on any atom is -0.443 e. The van der Waals surface area contributed by atoms with Crippen LogP contribution in [0.4, 0.5) is 16.2 Å². The van der Waals surface area contributed by atoms with Crippen molar-refractivity contribution in [1.82, 2.24) is 4.90 Å². The van der Waals surface area contributed by atoms with Crippen LogP contribution in [0.15, 0.2) is 108 Å². The summed E-state index contributed by atoms with van der Waals surface area (Å²) in [5.74, 6) is -0.559. The van der Waals surface area contributed by atoms with Crippen molar-refractivity contribution in [2.75, 3.05) is 41.9 Å². The lowest BCUT2D eigenvalue weighted by atomic mass is 9.77. The molecule has 0 atom stereocenters. The second kappa shape index (κ2) is 18.2. The molecule has 0 bridgehead atoms. The smallest absolute Gasteiger partial charge is 0.414 e. The van der Waals surface area contributed by atoms with Gasteiger partial charge in [0, 0.05) is 48.0 Å². The van der Waals surface area contributed by atoms with Crippen molar-refractivity contribution in [3.05, 3.63) is 119 Å². The van der Waals surface area contributed by atoms with Crippen molar-refractivity contribution in [1.29, 1.82) is 0 Å². The Kier molecular flexibility index (Phi) is 14.5. The zero-order chi connectivity index (χ0) is 42.4. The Hall–Kier alpha value is -4.17. The van der Waals surface area contributed by atoms with Crippen LogP contribution < -0.4 is 10.2 Å². The first-order valence-electron chi connectivity index (χ1n) is 19.5. The number of amides is 1. The maximum Gasteiger partial charge on any atom is 0.414 e. The van der Waals surface area contributed by atoms with E-state index in [1.165, 1.54) is 0 Å². The second-order valence-electron chi connectivity index (χ2n) is 16.9. The number of hydrogen-bond acceptors (Lipinski definition) is 8. The molecule has 3 N–H and O–H groups in total. The number of anilines is 2. The average Bonchev–Trinajstić information content (AvgIpc) is 3.60. The van der Waals surface area contributed by atoms with Crippen LogP contribution in [-0.2, 0) is 35.8 Å². The number of hydrogen-bond donors (Lipinski definition) is 3. The van der Waals surface area contributed by atoms with Crippen molar-refractivity contribution < 1.29 is 35.5 Å². The largest absolute Gasteiger partial charge is 0.443 e. The van der Waals surface area contributed by atoms with Gasteiger partial charge in [0.25, 0.3) is 20.2 Å². The zero-order valence-corrected chi connectivity index (χ0v) is 36.4. The fourth-order valence-electron chi connectivity index (χ4n) is 7.40. The standard InChI is InChI=1S/C44H61N3O8S2/c1-32(43(5,6)35-18-10-12-20-37(35)45-28-14-16-30-56(49,50)51)22-23-33-24-25-34(40(33)46(9)41(48)55-42(2,3)4)26-27-39-44(7,8)36-19-11-13-21-38(36)47(39)29-15-17-31-57(52,53)54/h10-13,18-23,26-27,45H,1,14-17,24-25,28-31H2,2-9H3,(H,49,50,51)(H,52,53,54)/b23-22+,34-26+,39-27+. The number of allylic oxidation sites excluding steroid dienone is 8. The van der Waals surface area contributed by atoms with E-state index in [4.69, 9.17) is 9.29 Å². The Morgan fingerprint density at radius 3 is 2.18 bits per heavy atom. The molecule has 1 heterocycles. The molecular weight excluding hydrogens is 763 g/mol. The van der Waals surface area contributed by atoms with Crippen LogP contribution >= 0.6 is 0 Å². The van der Waals surface area contributed by atoms with E-state index in [0.717, 1.165) is 50.6 Å². The molecule has 57 heavy (non-hydrogen) atoms. The van der Waals surface area contributed by atoms with Gasteiger partial charge in [0.05, 0.1) is 17.2 Å². The number of unbranched alkanes of at least 4 members (excludes halogenated alkanes) is 2. The molecule has 0 fully saturated rings. The van der Waals surface area contributed by atoms with Gasteiger partial charge in [0.2, 0.25) is 0 Å². The van der Waals surface area contributed by atoms with Crippen LogP contribution in [0.2, 0.25) is 0 Å². The molecule has 0 saturated carbocycles. The number of para-hydroxylation sites is 2. The van der Waals surface area contributed by atoms with E-state index < -0.39 is 37.3 Å². The Balaban J connectivity index is 1.68. The summed E-state index contributed by atoms with van der Waals surface area (Å²) in [6.45, 7) is 19.7. The van der Waals surface area contributed by atoms with Gasteiger partial charge in [-0.25, -0.2) is 4.79 Å². The number of nitrogens with zero attached hydrogens (tertiary/aromatic N) is 2. The van der Waals surface area contributed by atoms with Gasteiger partial charge in [-0.1, -0.05) is 88.9 Å². The average molecular weight is 824 g/mol. The molecule has 312 valence electrons. The molecule has 2 aromatic rings. The van der Waals surface area contributed by atoms with Crippen molar-refractivity contribution in [3.8, 4) is 0 Å². The van der Waals surface area contributed by atoms with E-state index >= 15 is 0 Å². The van der Waals surface area contributed by atoms with Gasteiger partial charge >= 0.3 is 6.09 Å². The highest BCUT2D eigenvalue weighted by atomic mass is 32.2. The van der Waals surface area contributed by atoms with Gasteiger partial charge < -0.3 is 15.0 Å². The number of benzene rings is 2. The number of likely N-dealkylation sites (N-methyl/N-ethyl adjacent to an activating group) is 1. The van der Waals surface area contributed by atoms with Gasteiger partial charge in [-0.3, -0.25) is 14.0 Å². The van der Waals surface area contributed by atoms with E-state index in [1.54, 1.807) is 11.9 Å². The lowest BCUT2D eigenvalue weighted by Gasteiger charge is -2.29.